The number of ether oxygens (including phenoxy) is 1. The summed E-state index contributed by atoms with van der Waals surface area (Å²) in [5.41, 5.74) is 3.52. The number of methoxy groups -OCH3 is 1. The first-order valence-electron chi connectivity index (χ1n) is 6.44. The molecule has 0 radical (unpaired) electrons. The Balaban J connectivity index is 2.17. The number of benzene rings is 1. The zero-order valence-electron chi connectivity index (χ0n) is 11.9. The van der Waals surface area contributed by atoms with E-state index in [0.717, 1.165) is 16.7 Å². The molecule has 2 aromatic rings. The molecule has 0 fully saturated rings. The van der Waals surface area contributed by atoms with E-state index in [0.29, 0.717) is 17.9 Å². The number of carbonyl (C=O) groups is 1. The Morgan fingerprint density at radius 2 is 2.15 bits per heavy atom. The van der Waals surface area contributed by atoms with E-state index in [-0.39, 0.29) is 5.91 Å². The van der Waals surface area contributed by atoms with Crippen LogP contribution in [0.4, 0.5) is 0 Å². The number of hydrogen-bond donors (Lipinski definition) is 1. The van der Waals surface area contributed by atoms with Crippen LogP contribution in [0, 0.1) is 13.8 Å². The third kappa shape index (κ3) is 3.15. The van der Waals surface area contributed by atoms with Crippen LogP contribution in [0.1, 0.15) is 27.0 Å². The summed E-state index contributed by atoms with van der Waals surface area (Å²) in [7, 11) is 1.58. The van der Waals surface area contributed by atoms with Gasteiger partial charge in [-0.2, -0.15) is 0 Å². The minimum absolute atomic E-state index is 0.141. The molecule has 1 amide bonds. The predicted molar refractivity (Wildman–Crippen MR) is 77.9 cm³/mol. The van der Waals surface area contributed by atoms with Crippen LogP contribution in [-0.2, 0) is 6.54 Å². The molecular weight excluding hydrogens is 252 g/mol. The van der Waals surface area contributed by atoms with E-state index in [2.05, 4.69) is 10.3 Å². The van der Waals surface area contributed by atoms with Crippen LogP contribution in [0.25, 0.3) is 0 Å². The van der Waals surface area contributed by atoms with Crippen molar-refractivity contribution in [1.82, 2.24) is 10.3 Å². The Kier molecular flexibility index (Phi) is 4.35. The minimum atomic E-state index is -0.141. The third-order valence-electron chi connectivity index (χ3n) is 3.04. The Morgan fingerprint density at radius 1 is 1.35 bits per heavy atom. The molecule has 0 spiro atoms. The van der Waals surface area contributed by atoms with Gasteiger partial charge in [-0.3, -0.25) is 9.78 Å². The van der Waals surface area contributed by atoms with E-state index in [1.54, 1.807) is 19.5 Å². The second-order valence-corrected chi connectivity index (χ2v) is 4.71. The Labute approximate surface area is 118 Å². The maximum absolute atomic E-state index is 12.3. The molecular formula is C16H18N2O2. The van der Waals surface area contributed by atoms with Crippen molar-refractivity contribution in [3.05, 3.63) is 58.9 Å². The number of aryl methyl sites for hydroxylation is 2. The SMILES string of the molecule is COc1c(C)cc(C)cc1C(=O)NCc1cccnc1. The molecule has 0 saturated heterocycles. The van der Waals surface area contributed by atoms with Gasteiger partial charge >= 0.3 is 0 Å². The smallest absolute Gasteiger partial charge is 0.255 e. The van der Waals surface area contributed by atoms with Crippen molar-refractivity contribution in [3.63, 3.8) is 0 Å². The fraction of sp³-hybridized carbons (Fsp3) is 0.250. The fourth-order valence-electron chi connectivity index (χ4n) is 2.17. The highest BCUT2D eigenvalue weighted by Crippen LogP contribution is 2.24. The van der Waals surface area contributed by atoms with Crippen LogP contribution in [0.3, 0.4) is 0 Å². The van der Waals surface area contributed by atoms with Crippen LogP contribution in [0.5, 0.6) is 5.75 Å². The molecule has 2 rings (SSSR count). The predicted octanol–water partition coefficient (Wildman–Crippen LogP) is 2.64. The van der Waals surface area contributed by atoms with Crippen molar-refractivity contribution in [2.24, 2.45) is 0 Å². The van der Waals surface area contributed by atoms with Crippen LogP contribution < -0.4 is 10.1 Å². The summed E-state index contributed by atoms with van der Waals surface area (Å²) in [4.78, 5) is 16.3. The average molecular weight is 270 g/mol. The fourth-order valence-corrected chi connectivity index (χ4v) is 2.17. The van der Waals surface area contributed by atoms with E-state index in [4.69, 9.17) is 4.74 Å². The molecule has 1 aromatic carbocycles. The van der Waals surface area contributed by atoms with Crippen molar-refractivity contribution in [3.8, 4) is 5.75 Å². The summed E-state index contributed by atoms with van der Waals surface area (Å²) in [6.07, 6.45) is 3.44. The summed E-state index contributed by atoms with van der Waals surface area (Å²) < 4.78 is 5.33. The molecule has 20 heavy (non-hydrogen) atoms. The van der Waals surface area contributed by atoms with Crippen LogP contribution in [-0.4, -0.2) is 18.0 Å². The van der Waals surface area contributed by atoms with Crippen LogP contribution in [0.15, 0.2) is 36.7 Å². The highest BCUT2D eigenvalue weighted by atomic mass is 16.5. The number of pyridine rings is 1. The number of nitrogens with zero attached hydrogens (tertiary/aromatic N) is 1. The number of amides is 1. The second kappa shape index (κ2) is 6.19. The van der Waals surface area contributed by atoms with Gasteiger partial charge in [-0.25, -0.2) is 0 Å². The minimum Gasteiger partial charge on any atom is -0.496 e. The molecule has 0 atom stereocenters. The number of carbonyl (C=O) groups excluding carboxylic acids is 1. The van der Waals surface area contributed by atoms with Crippen molar-refractivity contribution < 1.29 is 9.53 Å². The lowest BCUT2D eigenvalue weighted by molar-refractivity contribution is 0.0947. The Morgan fingerprint density at radius 3 is 2.80 bits per heavy atom. The first kappa shape index (κ1) is 14.1. The maximum Gasteiger partial charge on any atom is 0.255 e. The average Bonchev–Trinajstić information content (AvgIpc) is 2.45. The molecule has 1 N–H and O–H groups in total. The normalized spacial score (nSPS) is 10.2. The molecule has 1 aromatic heterocycles. The van der Waals surface area contributed by atoms with Gasteiger partial charge in [0.15, 0.2) is 0 Å². The molecule has 0 bridgehead atoms. The maximum atomic E-state index is 12.3. The molecule has 0 aliphatic heterocycles. The van der Waals surface area contributed by atoms with Gasteiger partial charge in [-0.15, -0.1) is 0 Å². The number of hydrogen-bond acceptors (Lipinski definition) is 3. The molecule has 0 aliphatic rings. The van der Waals surface area contributed by atoms with Gasteiger partial charge in [0, 0.05) is 18.9 Å². The van der Waals surface area contributed by atoms with E-state index < -0.39 is 0 Å². The summed E-state index contributed by atoms with van der Waals surface area (Å²) in [6, 6.07) is 7.60. The molecule has 0 saturated carbocycles. The molecule has 0 unspecified atom stereocenters. The zero-order chi connectivity index (χ0) is 14.5. The van der Waals surface area contributed by atoms with Gasteiger partial charge in [-0.05, 0) is 42.7 Å². The number of nitrogens with one attached hydrogen (secondary N) is 1. The molecule has 4 heteroatoms. The molecule has 0 aliphatic carbocycles. The lowest BCUT2D eigenvalue weighted by Crippen LogP contribution is -2.23. The standard InChI is InChI=1S/C16H18N2O2/c1-11-7-12(2)15(20-3)14(8-11)16(19)18-10-13-5-4-6-17-9-13/h4-9H,10H2,1-3H3,(H,18,19). The van der Waals surface area contributed by atoms with E-state index in [9.17, 15) is 4.79 Å². The summed E-state index contributed by atoms with van der Waals surface area (Å²) in [5.74, 6) is 0.483. The van der Waals surface area contributed by atoms with Gasteiger partial charge in [0.2, 0.25) is 0 Å². The topological polar surface area (TPSA) is 51.2 Å². The summed E-state index contributed by atoms with van der Waals surface area (Å²) in [6.45, 7) is 4.34. The van der Waals surface area contributed by atoms with Gasteiger partial charge < -0.3 is 10.1 Å². The van der Waals surface area contributed by atoms with Gasteiger partial charge in [-0.1, -0.05) is 12.1 Å². The van der Waals surface area contributed by atoms with Gasteiger partial charge in [0.05, 0.1) is 12.7 Å². The zero-order valence-corrected chi connectivity index (χ0v) is 11.9. The Hall–Kier alpha value is -2.36. The lowest BCUT2D eigenvalue weighted by atomic mass is 10.0. The number of aromatic nitrogens is 1. The lowest BCUT2D eigenvalue weighted by Gasteiger charge is -2.13. The van der Waals surface area contributed by atoms with E-state index in [1.807, 2.05) is 38.1 Å². The summed E-state index contributed by atoms with van der Waals surface area (Å²) >= 11 is 0. The molecule has 4 nitrogen and oxygen atoms in total. The number of rotatable bonds is 4. The van der Waals surface area contributed by atoms with E-state index in [1.165, 1.54) is 0 Å². The molecule has 104 valence electrons. The van der Waals surface area contributed by atoms with Crippen LogP contribution in [0.2, 0.25) is 0 Å². The van der Waals surface area contributed by atoms with Crippen LogP contribution >= 0.6 is 0 Å². The van der Waals surface area contributed by atoms with Crippen molar-refractivity contribution >= 4 is 5.91 Å². The molecule has 1 heterocycles. The first-order valence-corrected chi connectivity index (χ1v) is 6.44. The van der Waals surface area contributed by atoms with Crippen molar-refractivity contribution in [1.29, 1.82) is 0 Å². The summed E-state index contributed by atoms with van der Waals surface area (Å²) in [5, 5.41) is 2.89. The third-order valence-corrected chi connectivity index (χ3v) is 3.04. The quantitative estimate of drug-likeness (QED) is 0.929. The second-order valence-electron chi connectivity index (χ2n) is 4.71. The Bertz CT molecular complexity index is 609. The van der Waals surface area contributed by atoms with Gasteiger partial charge in [0.25, 0.3) is 5.91 Å². The highest BCUT2D eigenvalue weighted by Gasteiger charge is 2.14. The monoisotopic (exact) mass is 270 g/mol. The van der Waals surface area contributed by atoms with Crippen molar-refractivity contribution in [2.45, 2.75) is 20.4 Å². The first-order chi connectivity index (χ1) is 9.61. The van der Waals surface area contributed by atoms with Gasteiger partial charge in [0.1, 0.15) is 5.75 Å². The highest BCUT2D eigenvalue weighted by molar-refractivity contribution is 5.97. The van der Waals surface area contributed by atoms with E-state index >= 15 is 0 Å². The largest absolute Gasteiger partial charge is 0.496 e. The van der Waals surface area contributed by atoms with Crippen molar-refractivity contribution in [2.75, 3.05) is 7.11 Å².